The summed E-state index contributed by atoms with van der Waals surface area (Å²) in [5.74, 6) is -0.373. The molecule has 0 saturated carbocycles. The number of nitrogens with one attached hydrogen (secondary N) is 3. The van der Waals surface area contributed by atoms with Crippen LogP contribution in [0.1, 0.15) is 5.56 Å². The van der Waals surface area contributed by atoms with Crippen molar-refractivity contribution in [1.82, 2.24) is 9.71 Å². The molecule has 1 aromatic heterocycles. The van der Waals surface area contributed by atoms with Crippen molar-refractivity contribution in [2.24, 2.45) is 0 Å². The van der Waals surface area contributed by atoms with Crippen LogP contribution in [0, 0.1) is 0 Å². The second-order valence-electron chi connectivity index (χ2n) is 4.77. The molecule has 0 aliphatic rings. The van der Waals surface area contributed by atoms with E-state index < -0.39 is 10.0 Å². The molecule has 1 aromatic carbocycles. The van der Waals surface area contributed by atoms with E-state index in [0.29, 0.717) is 11.4 Å². The SMILES string of the molecule is CNc1ccc(S(=O)(=O)NC)cc1NC(=O)/C=C\c1ccncc1. The van der Waals surface area contributed by atoms with Gasteiger partial charge in [0.2, 0.25) is 15.9 Å². The fraction of sp³-hybridized carbons (Fsp3) is 0.125. The molecule has 0 radical (unpaired) electrons. The molecule has 2 aromatic rings. The fourth-order valence-electron chi connectivity index (χ4n) is 1.95. The number of amides is 1. The molecule has 1 amide bonds. The molecule has 1 heterocycles. The maximum absolute atomic E-state index is 12.1. The fourth-order valence-corrected chi connectivity index (χ4v) is 2.71. The number of pyridine rings is 1. The molecule has 3 N–H and O–H groups in total. The first-order chi connectivity index (χ1) is 11.5. The lowest BCUT2D eigenvalue weighted by molar-refractivity contribution is -0.111. The summed E-state index contributed by atoms with van der Waals surface area (Å²) in [6, 6.07) is 7.98. The number of hydrogen-bond acceptors (Lipinski definition) is 5. The van der Waals surface area contributed by atoms with Gasteiger partial charge in [0.05, 0.1) is 16.3 Å². The van der Waals surface area contributed by atoms with Gasteiger partial charge in [-0.15, -0.1) is 0 Å². The van der Waals surface area contributed by atoms with Gasteiger partial charge in [-0.2, -0.15) is 0 Å². The zero-order valence-electron chi connectivity index (χ0n) is 13.3. The molecule has 2 rings (SSSR count). The van der Waals surface area contributed by atoms with Crippen LogP contribution < -0.4 is 15.4 Å². The average Bonchev–Trinajstić information content (AvgIpc) is 2.60. The lowest BCUT2D eigenvalue weighted by Gasteiger charge is -2.12. The van der Waals surface area contributed by atoms with Crippen LogP contribution in [-0.2, 0) is 14.8 Å². The third kappa shape index (κ3) is 4.40. The molecule has 7 nitrogen and oxygen atoms in total. The summed E-state index contributed by atoms with van der Waals surface area (Å²) in [6.07, 6.45) is 6.27. The molecule has 0 aliphatic carbocycles. The van der Waals surface area contributed by atoms with E-state index in [-0.39, 0.29) is 10.8 Å². The first kappa shape index (κ1) is 17.6. The highest BCUT2D eigenvalue weighted by Gasteiger charge is 2.14. The Morgan fingerprint density at radius 2 is 1.79 bits per heavy atom. The Kier molecular flexibility index (Phi) is 5.67. The summed E-state index contributed by atoms with van der Waals surface area (Å²) in [6.45, 7) is 0. The predicted molar refractivity (Wildman–Crippen MR) is 94.1 cm³/mol. The number of nitrogens with zero attached hydrogens (tertiary/aromatic N) is 1. The highest BCUT2D eigenvalue weighted by Crippen LogP contribution is 2.25. The lowest BCUT2D eigenvalue weighted by atomic mass is 10.2. The molecular formula is C16H18N4O3S. The minimum atomic E-state index is -3.59. The summed E-state index contributed by atoms with van der Waals surface area (Å²) in [5.41, 5.74) is 1.81. The summed E-state index contributed by atoms with van der Waals surface area (Å²) in [4.78, 5) is 16.0. The zero-order valence-corrected chi connectivity index (χ0v) is 14.1. The van der Waals surface area contributed by atoms with Crippen molar-refractivity contribution in [1.29, 1.82) is 0 Å². The van der Waals surface area contributed by atoms with E-state index >= 15 is 0 Å². The monoisotopic (exact) mass is 346 g/mol. The maximum Gasteiger partial charge on any atom is 0.248 e. The smallest absolute Gasteiger partial charge is 0.248 e. The van der Waals surface area contributed by atoms with Gasteiger partial charge in [0.25, 0.3) is 0 Å². The zero-order chi connectivity index (χ0) is 17.6. The normalized spacial score (nSPS) is 11.4. The quantitative estimate of drug-likeness (QED) is 0.691. The molecule has 126 valence electrons. The highest BCUT2D eigenvalue weighted by molar-refractivity contribution is 7.89. The molecule has 0 atom stereocenters. The summed E-state index contributed by atoms with van der Waals surface area (Å²) in [5, 5.41) is 5.58. The third-order valence-electron chi connectivity index (χ3n) is 3.23. The van der Waals surface area contributed by atoms with Crippen LogP contribution in [0.4, 0.5) is 11.4 Å². The molecule has 0 spiro atoms. The largest absolute Gasteiger partial charge is 0.386 e. The molecule has 0 fully saturated rings. The lowest BCUT2D eigenvalue weighted by Crippen LogP contribution is -2.19. The Labute approximate surface area is 140 Å². The summed E-state index contributed by atoms with van der Waals surface area (Å²) in [7, 11) is -0.576. The first-order valence-electron chi connectivity index (χ1n) is 7.10. The van der Waals surface area contributed by atoms with E-state index in [2.05, 4.69) is 20.3 Å². The van der Waals surface area contributed by atoms with Crippen LogP contribution in [0.15, 0.2) is 53.7 Å². The summed E-state index contributed by atoms with van der Waals surface area (Å²) >= 11 is 0. The van der Waals surface area contributed by atoms with Crippen molar-refractivity contribution in [3.63, 3.8) is 0 Å². The van der Waals surface area contributed by atoms with E-state index in [9.17, 15) is 13.2 Å². The Morgan fingerprint density at radius 3 is 2.42 bits per heavy atom. The number of carbonyl (C=O) groups excluding carboxylic acids is 1. The number of carbonyl (C=O) groups is 1. The Balaban J connectivity index is 2.23. The summed E-state index contributed by atoms with van der Waals surface area (Å²) < 4.78 is 26.0. The number of hydrogen-bond donors (Lipinski definition) is 3. The van der Waals surface area contributed by atoms with E-state index in [1.807, 2.05) is 0 Å². The minimum absolute atomic E-state index is 0.0670. The van der Waals surface area contributed by atoms with Crippen molar-refractivity contribution in [3.8, 4) is 0 Å². The second-order valence-corrected chi connectivity index (χ2v) is 6.65. The Morgan fingerprint density at radius 1 is 1.08 bits per heavy atom. The van der Waals surface area contributed by atoms with Gasteiger partial charge in [0.15, 0.2) is 0 Å². The van der Waals surface area contributed by atoms with Gasteiger partial charge in [-0.05, 0) is 49.0 Å². The highest BCUT2D eigenvalue weighted by atomic mass is 32.2. The number of aromatic nitrogens is 1. The van der Waals surface area contributed by atoms with Crippen molar-refractivity contribution in [3.05, 3.63) is 54.4 Å². The second kappa shape index (κ2) is 7.71. The van der Waals surface area contributed by atoms with Crippen LogP contribution in [0.3, 0.4) is 0 Å². The van der Waals surface area contributed by atoms with E-state index in [0.717, 1.165) is 5.56 Å². The molecule has 0 saturated heterocycles. The van der Waals surface area contributed by atoms with Gasteiger partial charge >= 0.3 is 0 Å². The Bertz CT molecular complexity index is 849. The molecule has 8 heteroatoms. The van der Waals surface area contributed by atoms with Crippen LogP contribution in [-0.4, -0.2) is 33.4 Å². The van der Waals surface area contributed by atoms with Crippen molar-refractivity contribution in [2.45, 2.75) is 4.90 Å². The van der Waals surface area contributed by atoms with Crippen molar-refractivity contribution < 1.29 is 13.2 Å². The number of anilines is 2. The predicted octanol–water partition coefficient (Wildman–Crippen LogP) is 1.68. The minimum Gasteiger partial charge on any atom is -0.386 e. The van der Waals surface area contributed by atoms with Gasteiger partial charge in [-0.25, -0.2) is 13.1 Å². The van der Waals surface area contributed by atoms with Gasteiger partial charge in [-0.1, -0.05) is 0 Å². The molecule has 0 bridgehead atoms. The van der Waals surface area contributed by atoms with E-state index in [1.54, 1.807) is 43.7 Å². The number of benzene rings is 1. The number of sulfonamides is 1. The molecule has 0 unspecified atom stereocenters. The molecule has 0 aliphatic heterocycles. The molecule has 24 heavy (non-hydrogen) atoms. The van der Waals surface area contributed by atoms with Crippen LogP contribution in [0.25, 0.3) is 6.08 Å². The van der Waals surface area contributed by atoms with Gasteiger partial charge in [0.1, 0.15) is 0 Å². The van der Waals surface area contributed by atoms with E-state index in [4.69, 9.17) is 0 Å². The van der Waals surface area contributed by atoms with Crippen molar-refractivity contribution in [2.75, 3.05) is 24.7 Å². The van der Waals surface area contributed by atoms with Crippen LogP contribution in [0.5, 0.6) is 0 Å². The standard InChI is InChI=1S/C16H18N4O3S/c1-17-14-5-4-13(24(22,23)18-2)11-15(14)20-16(21)6-3-12-7-9-19-10-8-12/h3-11,17-18H,1-2H3,(H,20,21)/b6-3-. The molecular weight excluding hydrogens is 328 g/mol. The van der Waals surface area contributed by atoms with Crippen LogP contribution >= 0.6 is 0 Å². The third-order valence-corrected chi connectivity index (χ3v) is 4.64. The van der Waals surface area contributed by atoms with Gasteiger partial charge in [-0.3, -0.25) is 9.78 Å². The van der Waals surface area contributed by atoms with Crippen molar-refractivity contribution >= 4 is 33.4 Å². The van der Waals surface area contributed by atoms with E-state index in [1.165, 1.54) is 25.3 Å². The first-order valence-corrected chi connectivity index (χ1v) is 8.59. The Hall–Kier alpha value is -2.71. The average molecular weight is 346 g/mol. The maximum atomic E-state index is 12.1. The number of rotatable bonds is 6. The van der Waals surface area contributed by atoms with Crippen LogP contribution in [0.2, 0.25) is 0 Å². The topological polar surface area (TPSA) is 100 Å². The van der Waals surface area contributed by atoms with Gasteiger partial charge in [0, 0.05) is 25.5 Å². The van der Waals surface area contributed by atoms with Gasteiger partial charge < -0.3 is 10.6 Å².